The van der Waals surface area contributed by atoms with Crippen molar-refractivity contribution in [3.8, 4) is 0 Å². The highest BCUT2D eigenvalue weighted by atomic mass is 15.3. The molecule has 0 spiro atoms. The molecule has 1 aromatic heterocycles. The van der Waals surface area contributed by atoms with E-state index < -0.39 is 0 Å². The molecular weight excluding hydrogens is 212 g/mol. The van der Waals surface area contributed by atoms with Gasteiger partial charge in [-0.25, -0.2) is 0 Å². The predicted octanol–water partition coefficient (Wildman–Crippen LogP) is 1.63. The van der Waals surface area contributed by atoms with Crippen molar-refractivity contribution in [2.24, 2.45) is 11.7 Å². The highest BCUT2D eigenvalue weighted by Crippen LogP contribution is 2.10. The molecule has 17 heavy (non-hydrogen) atoms. The third-order valence-corrected chi connectivity index (χ3v) is 3.32. The van der Waals surface area contributed by atoms with Crippen molar-refractivity contribution in [1.82, 2.24) is 14.7 Å². The van der Waals surface area contributed by atoms with Gasteiger partial charge in [0.15, 0.2) is 0 Å². The quantitative estimate of drug-likeness (QED) is 0.819. The van der Waals surface area contributed by atoms with E-state index in [0.717, 1.165) is 19.6 Å². The van der Waals surface area contributed by atoms with Crippen LogP contribution in [-0.2, 0) is 13.1 Å². The van der Waals surface area contributed by atoms with Gasteiger partial charge in [-0.15, -0.1) is 0 Å². The van der Waals surface area contributed by atoms with Gasteiger partial charge in [0.25, 0.3) is 0 Å². The summed E-state index contributed by atoms with van der Waals surface area (Å²) in [7, 11) is 2.12. The summed E-state index contributed by atoms with van der Waals surface area (Å²) in [5.41, 5.74) is 8.64. The Hall–Kier alpha value is -0.870. The number of hydrogen-bond donors (Lipinski definition) is 1. The summed E-state index contributed by atoms with van der Waals surface area (Å²) >= 11 is 0. The van der Waals surface area contributed by atoms with Gasteiger partial charge >= 0.3 is 0 Å². The van der Waals surface area contributed by atoms with Crippen LogP contribution in [0.25, 0.3) is 0 Å². The van der Waals surface area contributed by atoms with E-state index >= 15 is 0 Å². The van der Waals surface area contributed by atoms with E-state index in [1.807, 2.05) is 10.9 Å². The number of likely N-dealkylation sites (N-methyl/N-ethyl adjacent to an activating group) is 1. The van der Waals surface area contributed by atoms with Crippen LogP contribution in [0.5, 0.6) is 0 Å². The minimum absolute atomic E-state index is 0.238. The van der Waals surface area contributed by atoms with Crippen molar-refractivity contribution >= 4 is 0 Å². The molecule has 0 aliphatic carbocycles. The fourth-order valence-corrected chi connectivity index (χ4v) is 1.89. The first-order valence-electron chi connectivity index (χ1n) is 6.41. The van der Waals surface area contributed by atoms with E-state index in [0.29, 0.717) is 5.92 Å². The Morgan fingerprint density at radius 3 is 2.59 bits per heavy atom. The minimum atomic E-state index is 0.238. The van der Waals surface area contributed by atoms with Crippen molar-refractivity contribution in [3.05, 3.63) is 17.5 Å². The zero-order valence-electron chi connectivity index (χ0n) is 11.8. The lowest BCUT2D eigenvalue weighted by atomic mass is 10.1. The molecule has 2 N–H and O–H groups in total. The van der Waals surface area contributed by atoms with Gasteiger partial charge in [-0.2, -0.15) is 5.10 Å². The first-order valence-corrected chi connectivity index (χ1v) is 6.41. The molecule has 1 atom stereocenters. The molecule has 1 rings (SSSR count). The standard InChI is InChI=1S/C13H26N4/c1-6-17-11(4)12(7-15-17)8-16(5)9-13(14)10(2)3/h7,10,13H,6,8-9,14H2,1-5H3/t13-/m0/s1. The molecule has 0 aromatic carbocycles. The van der Waals surface area contributed by atoms with Gasteiger partial charge in [0.2, 0.25) is 0 Å². The maximum absolute atomic E-state index is 6.08. The van der Waals surface area contributed by atoms with Crippen LogP contribution in [0.4, 0.5) is 0 Å². The maximum Gasteiger partial charge on any atom is 0.0537 e. The Balaban J connectivity index is 2.56. The number of nitrogens with zero attached hydrogens (tertiary/aromatic N) is 3. The zero-order valence-corrected chi connectivity index (χ0v) is 11.8. The average Bonchev–Trinajstić information content (AvgIpc) is 2.59. The van der Waals surface area contributed by atoms with E-state index in [2.05, 4.69) is 44.7 Å². The Morgan fingerprint density at radius 1 is 1.47 bits per heavy atom. The lowest BCUT2D eigenvalue weighted by molar-refractivity contribution is 0.276. The fraction of sp³-hybridized carbons (Fsp3) is 0.769. The molecule has 1 aromatic rings. The molecule has 0 saturated carbocycles. The summed E-state index contributed by atoms with van der Waals surface area (Å²) in [6.07, 6.45) is 1.97. The van der Waals surface area contributed by atoms with Crippen LogP contribution >= 0.6 is 0 Å². The zero-order chi connectivity index (χ0) is 13.0. The van der Waals surface area contributed by atoms with Gasteiger partial charge in [-0.1, -0.05) is 13.8 Å². The van der Waals surface area contributed by atoms with Crippen molar-refractivity contribution in [3.63, 3.8) is 0 Å². The van der Waals surface area contributed by atoms with E-state index in [9.17, 15) is 0 Å². The second kappa shape index (κ2) is 6.17. The van der Waals surface area contributed by atoms with Gasteiger partial charge in [0, 0.05) is 36.9 Å². The molecule has 0 fully saturated rings. The van der Waals surface area contributed by atoms with E-state index in [4.69, 9.17) is 5.73 Å². The molecule has 0 unspecified atom stereocenters. The molecule has 98 valence electrons. The van der Waals surface area contributed by atoms with Crippen LogP contribution in [0, 0.1) is 12.8 Å². The number of nitrogens with two attached hydrogens (primary N) is 1. The summed E-state index contributed by atoms with van der Waals surface area (Å²) in [6, 6.07) is 0.238. The number of rotatable bonds is 6. The Morgan fingerprint density at radius 2 is 2.12 bits per heavy atom. The largest absolute Gasteiger partial charge is 0.326 e. The number of hydrogen-bond acceptors (Lipinski definition) is 3. The average molecular weight is 238 g/mol. The summed E-state index contributed by atoms with van der Waals surface area (Å²) in [6.45, 7) is 11.4. The van der Waals surface area contributed by atoms with Crippen molar-refractivity contribution < 1.29 is 0 Å². The van der Waals surface area contributed by atoms with Gasteiger partial charge in [0.1, 0.15) is 0 Å². The molecule has 0 aliphatic heterocycles. The third kappa shape index (κ3) is 3.82. The van der Waals surface area contributed by atoms with Crippen LogP contribution < -0.4 is 5.73 Å². The summed E-state index contributed by atoms with van der Waals surface area (Å²) < 4.78 is 2.03. The molecule has 0 radical (unpaired) electrons. The predicted molar refractivity (Wildman–Crippen MR) is 71.8 cm³/mol. The second-order valence-electron chi connectivity index (χ2n) is 5.18. The van der Waals surface area contributed by atoms with Crippen LogP contribution in [0.1, 0.15) is 32.0 Å². The molecule has 0 bridgehead atoms. The maximum atomic E-state index is 6.08. The smallest absolute Gasteiger partial charge is 0.0537 e. The first-order chi connectivity index (χ1) is 7.95. The van der Waals surface area contributed by atoms with Crippen molar-refractivity contribution in [2.45, 2.75) is 46.8 Å². The van der Waals surface area contributed by atoms with Crippen LogP contribution in [-0.4, -0.2) is 34.3 Å². The Labute approximate surface area is 105 Å². The fourth-order valence-electron chi connectivity index (χ4n) is 1.89. The summed E-state index contributed by atoms with van der Waals surface area (Å²) in [4.78, 5) is 2.27. The van der Waals surface area contributed by atoms with E-state index in [1.165, 1.54) is 11.3 Å². The highest BCUT2D eigenvalue weighted by Gasteiger charge is 2.13. The van der Waals surface area contributed by atoms with Gasteiger partial charge < -0.3 is 10.6 Å². The van der Waals surface area contributed by atoms with Crippen LogP contribution in [0.3, 0.4) is 0 Å². The SMILES string of the molecule is CCn1ncc(CN(C)C[C@H](N)C(C)C)c1C. The Bertz CT molecular complexity index is 343. The van der Waals surface area contributed by atoms with E-state index in [1.54, 1.807) is 0 Å². The molecule has 4 nitrogen and oxygen atoms in total. The van der Waals surface area contributed by atoms with Crippen molar-refractivity contribution in [1.29, 1.82) is 0 Å². The topological polar surface area (TPSA) is 47.1 Å². The molecule has 4 heteroatoms. The first kappa shape index (κ1) is 14.2. The summed E-state index contributed by atoms with van der Waals surface area (Å²) in [5, 5.41) is 4.36. The Kier molecular flexibility index (Phi) is 5.15. The molecule has 0 aliphatic rings. The molecule has 0 amide bonds. The van der Waals surface area contributed by atoms with Gasteiger partial charge in [-0.05, 0) is 26.8 Å². The van der Waals surface area contributed by atoms with Gasteiger partial charge in [-0.3, -0.25) is 4.68 Å². The second-order valence-corrected chi connectivity index (χ2v) is 5.18. The molecule has 0 saturated heterocycles. The van der Waals surface area contributed by atoms with Crippen LogP contribution in [0.15, 0.2) is 6.20 Å². The summed E-state index contributed by atoms with van der Waals surface area (Å²) in [5.74, 6) is 0.525. The third-order valence-electron chi connectivity index (χ3n) is 3.32. The normalized spacial score (nSPS) is 13.6. The van der Waals surface area contributed by atoms with Crippen LogP contribution in [0.2, 0.25) is 0 Å². The lowest BCUT2D eigenvalue weighted by Gasteiger charge is -2.23. The number of aromatic nitrogens is 2. The van der Waals surface area contributed by atoms with Crippen molar-refractivity contribution in [2.75, 3.05) is 13.6 Å². The highest BCUT2D eigenvalue weighted by molar-refractivity contribution is 5.15. The molecular formula is C13H26N4. The minimum Gasteiger partial charge on any atom is -0.326 e. The monoisotopic (exact) mass is 238 g/mol. The van der Waals surface area contributed by atoms with Gasteiger partial charge in [0.05, 0.1) is 6.20 Å². The lowest BCUT2D eigenvalue weighted by Crippen LogP contribution is -2.38. The number of aryl methyl sites for hydroxylation is 1. The molecule has 1 heterocycles. The van der Waals surface area contributed by atoms with E-state index in [-0.39, 0.29) is 6.04 Å².